The number of carbonyl (C=O) groups is 4. The van der Waals surface area contributed by atoms with E-state index in [-0.39, 0.29) is 37.9 Å². The number of imide groups is 2. The number of aryl methyl sites for hydroxylation is 1. The Kier molecular flexibility index (Phi) is 8.37. The van der Waals surface area contributed by atoms with Crippen molar-refractivity contribution in [1.29, 1.82) is 0 Å². The summed E-state index contributed by atoms with van der Waals surface area (Å²) in [5.41, 5.74) is 2.28. The second-order valence-electron chi connectivity index (χ2n) is 13.6. The highest BCUT2D eigenvalue weighted by molar-refractivity contribution is 6.33. The number of rotatable bonds is 7. The summed E-state index contributed by atoms with van der Waals surface area (Å²) < 4.78 is 6.11. The fourth-order valence-corrected chi connectivity index (χ4v) is 9.43. The van der Waals surface area contributed by atoms with Crippen molar-refractivity contribution < 1.29 is 29.0 Å². The van der Waals surface area contributed by atoms with Crippen LogP contribution in [0.25, 0.3) is 0 Å². The van der Waals surface area contributed by atoms with Gasteiger partial charge in [0.15, 0.2) is 0 Å². The van der Waals surface area contributed by atoms with Gasteiger partial charge < -0.3 is 9.84 Å². The molecule has 6 unspecified atom stereocenters. The van der Waals surface area contributed by atoms with E-state index >= 15 is 4.79 Å². The molecule has 0 spiro atoms. The van der Waals surface area contributed by atoms with E-state index in [0.29, 0.717) is 38.3 Å². The van der Waals surface area contributed by atoms with Crippen LogP contribution >= 0.6 is 23.2 Å². The van der Waals surface area contributed by atoms with E-state index in [9.17, 15) is 19.5 Å². The predicted molar refractivity (Wildman–Crippen MR) is 194 cm³/mol. The fourth-order valence-electron chi connectivity index (χ4n) is 9.07. The second kappa shape index (κ2) is 12.8. The monoisotopic (exact) mass is 720 g/mol. The molecular weight excluding hydrogens is 687 g/mol. The van der Waals surface area contributed by atoms with Gasteiger partial charge in [-0.25, -0.2) is 9.80 Å². The first-order valence-corrected chi connectivity index (χ1v) is 17.8. The average molecular weight is 722 g/mol. The summed E-state index contributed by atoms with van der Waals surface area (Å²) in [6.07, 6.45) is 2.46. The summed E-state index contributed by atoms with van der Waals surface area (Å²) >= 11 is 12.9. The quantitative estimate of drug-likeness (QED) is 0.162. The zero-order chi connectivity index (χ0) is 35.6. The van der Waals surface area contributed by atoms with Crippen LogP contribution in [0.5, 0.6) is 5.75 Å². The molecule has 0 bridgehead atoms. The SMILES string of the molecule is Cc1ccc(N2C(=O)C3CC=C4C(CC5C(=O)N(c6cccc(Cl)c6)C(=O)C5(c5ccccc5)C4c4ccccc4OCCO)C3C2=O)cc1Cl. The van der Waals surface area contributed by atoms with Gasteiger partial charge in [-0.1, -0.05) is 95.5 Å². The summed E-state index contributed by atoms with van der Waals surface area (Å²) in [7, 11) is 0. The standard InChI is InChI=1S/C41H34Cl2N2O6/c1-23-14-15-27(21-33(23)43)44-37(47)30-17-16-28-31(35(30)39(44)49)22-32-38(48)45(26-11-7-10-25(42)20-26)40(50)41(32,24-8-3-2-4-9-24)36(28)29-12-5-6-13-34(29)51-19-18-46/h2-16,20-21,30-32,35-36,46H,17-19,22H2,1H3. The second-order valence-corrected chi connectivity index (χ2v) is 14.5. The molecule has 4 aliphatic rings. The first kappa shape index (κ1) is 33.4. The molecule has 2 saturated heterocycles. The van der Waals surface area contributed by atoms with E-state index in [0.717, 1.165) is 11.1 Å². The summed E-state index contributed by atoms with van der Waals surface area (Å²) in [6.45, 7) is 1.64. The van der Waals surface area contributed by atoms with E-state index in [1.54, 1.807) is 48.5 Å². The molecular formula is C41H34Cl2N2O6. The largest absolute Gasteiger partial charge is 0.491 e. The number of para-hydroxylation sites is 1. The topological polar surface area (TPSA) is 104 Å². The average Bonchev–Trinajstić information content (AvgIpc) is 3.53. The fraction of sp³-hybridized carbons (Fsp3) is 0.268. The molecule has 8 rings (SSSR count). The van der Waals surface area contributed by atoms with Gasteiger partial charge in [0.2, 0.25) is 23.6 Å². The minimum atomic E-state index is -1.44. The Labute approximate surface area is 305 Å². The molecule has 0 aromatic heterocycles. The molecule has 8 nitrogen and oxygen atoms in total. The molecule has 258 valence electrons. The lowest BCUT2D eigenvalue weighted by atomic mass is 9.49. The summed E-state index contributed by atoms with van der Waals surface area (Å²) in [4.78, 5) is 61.5. The van der Waals surface area contributed by atoms with Crippen molar-refractivity contribution in [2.45, 2.75) is 31.1 Å². The molecule has 10 heteroatoms. The van der Waals surface area contributed by atoms with Gasteiger partial charge >= 0.3 is 0 Å². The Hall–Kier alpha value is -4.76. The van der Waals surface area contributed by atoms with Crippen molar-refractivity contribution in [1.82, 2.24) is 0 Å². The van der Waals surface area contributed by atoms with Crippen LogP contribution in [0.15, 0.2) is 109 Å². The number of aliphatic hydroxyl groups is 1. The highest BCUT2D eigenvalue weighted by Crippen LogP contribution is 2.65. The predicted octanol–water partition coefficient (Wildman–Crippen LogP) is 7.04. The number of fused-ring (bicyclic) bond motifs is 4. The molecule has 4 aromatic rings. The number of ether oxygens (including phenoxy) is 1. The molecule has 0 radical (unpaired) electrons. The van der Waals surface area contributed by atoms with Crippen LogP contribution in [0.4, 0.5) is 11.4 Å². The van der Waals surface area contributed by atoms with Gasteiger partial charge in [-0.15, -0.1) is 0 Å². The highest BCUT2D eigenvalue weighted by Gasteiger charge is 2.70. The maximum Gasteiger partial charge on any atom is 0.246 e. The Morgan fingerprint density at radius 1 is 0.804 bits per heavy atom. The smallest absolute Gasteiger partial charge is 0.246 e. The van der Waals surface area contributed by atoms with E-state index in [4.69, 9.17) is 27.9 Å². The van der Waals surface area contributed by atoms with Crippen molar-refractivity contribution in [3.05, 3.63) is 135 Å². The lowest BCUT2D eigenvalue weighted by Gasteiger charge is -2.51. The van der Waals surface area contributed by atoms with Gasteiger partial charge in [-0.3, -0.25) is 19.2 Å². The van der Waals surface area contributed by atoms with Gasteiger partial charge in [-0.2, -0.15) is 0 Å². The van der Waals surface area contributed by atoms with Gasteiger partial charge in [-0.05, 0) is 73.2 Å². The molecule has 2 aliphatic heterocycles. The molecule has 6 atom stereocenters. The number of nitrogens with zero attached hydrogens (tertiary/aromatic N) is 2. The van der Waals surface area contributed by atoms with Crippen molar-refractivity contribution in [2.24, 2.45) is 23.7 Å². The maximum atomic E-state index is 15.4. The van der Waals surface area contributed by atoms with Gasteiger partial charge in [0, 0.05) is 21.5 Å². The van der Waals surface area contributed by atoms with E-state index in [2.05, 4.69) is 0 Å². The molecule has 1 saturated carbocycles. The number of aliphatic hydroxyl groups excluding tert-OH is 1. The Balaban J connectivity index is 1.35. The third-order valence-electron chi connectivity index (χ3n) is 11.2. The lowest BCUT2D eigenvalue weighted by Crippen LogP contribution is -2.53. The number of anilines is 2. The Morgan fingerprint density at radius 3 is 2.29 bits per heavy atom. The Morgan fingerprint density at radius 2 is 1.55 bits per heavy atom. The number of carbonyl (C=O) groups excluding carboxylic acids is 4. The molecule has 4 amide bonds. The number of halogens is 2. The number of hydrogen-bond acceptors (Lipinski definition) is 6. The minimum Gasteiger partial charge on any atom is -0.491 e. The summed E-state index contributed by atoms with van der Waals surface area (Å²) in [6, 6.07) is 28.5. The van der Waals surface area contributed by atoms with Crippen LogP contribution in [0.2, 0.25) is 10.0 Å². The zero-order valence-corrected chi connectivity index (χ0v) is 29.2. The van der Waals surface area contributed by atoms with Gasteiger partial charge in [0.1, 0.15) is 12.4 Å². The summed E-state index contributed by atoms with van der Waals surface area (Å²) in [5.74, 6) is -4.61. The highest BCUT2D eigenvalue weighted by atomic mass is 35.5. The van der Waals surface area contributed by atoms with Crippen LogP contribution in [-0.4, -0.2) is 41.9 Å². The van der Waals surface area contributed by atoms with Crippen LogP contribution in [0, 0.1) is 30.6 Å². The van der Waals surface area contributed by atoms with E-state index in [1.165, 1.54) is 9.80 Å². The minimum absolute atomic E-state index is 0.0151. The van der Waals surface area contributed by atoms with Crippen molar-refractivity contribution in [3.63, 3.8) is 0 Å². The van der Waals surface area contributed by atoms with Crippen LogP contribution in [0.1, 0.15) is 35.4 Å². The first-order chi connectivity index (χ1) is 24.7. The zero-order valence-electron chi connectivity index (χ0n) is 27.7. The third-order valence-corrected chi connectivity index (χ3v) is 11.8. The number of amides is 4. The first-order valence-electron chi connectivity index (χ1n) is 17.0. The molecule has 2 aliphatic carbocycles. The van der Waals surface area contributed by atoms with Gasteiger partial charge in [0.25, 0.3) is 0 Å². The molecule has 51 heavy (non-hydrogen) atoms. The van der Waals surface area contributed by atoms with Crippen molar-refractivity contribution in [3.8, 4) is 5.75 Å². The van der Waals surface area contributed by atoms with Crippen LogP contribution in [-0.2, 0) is 24.6 Å². The van der Waals surface area contributed by atoms with Crippen molar-refractivity contribution >= 4 is 58.2 Å². The summed E-state index contributed by atoms with van der Waals surface area (Å²) in [5, 5.41) is 10.6. The van der Waals surface area contributed by atoms with Gasteiger partial charge in [0.05, 0.1) is 41.2 Å². The number of allylic oxidation sites excluding steroid dienone is 2. The van der Waals surface area contributed by atoms with E-state index < -0.39 is 46.8 Å². The van der Waals surface area contributed by atoms with Crippen molar-refractivity contribution in [2.75, 3.05) is 23.0 Å². The third kappa shape index (κ3) is 4.99. The molecule has 2 heterocycles. The van der Waals surface area contributed by atoms with E-state index in [1.807, 2.05) is 61.5 Å². The molecule has 4 aromatic carbocycles. The number of hydrogen-bond donors (Lipinski definition) is 1. The van der Waals surface area contributed by atoms with Crippen LogP contribution in [0.3, 0.4) is 0 Å². The Bertz CT molecular complexity index is 2140. The lowest BCUT2D eigenvalue weighted by molar-refractivity contribution is -0.127. The molecule has 1 N–H and O–H groups in total. The normalized spacial score (nSPS) is 26.9. The maximum absolute atomic E-state index is 15.4. The molecule has 3 fully saturated rings. The number of benzene rings is 4. The van der Waals surface area contributed by atoms with Crippen LogP contribution < -0.4 is 14.5 Å².